The first kappa shape index (κ1) is 12.2. The van der Waals surface area contributed by atoms with Crippen molar-refractivity contribution in [2.45, 2.75) is 13.8 Å². The van der Waals surface area contributed by atoms with Gasteiger partial charge in [0.2, 0.25) is 5.91 Å². The van der Waals surface area contributed by atoms with E-state index >= 15 is 0 Å². The highest BCUT2D eigenvalue weighted by atomic mass is 16.5. The summed E-state index contributed by atoms with van der Waals surface area (Å²) >= 11 is 0. The summed E-state index contributed by atoms with van der Waals surface area (Å²) in [7, 11) is 1.63. The Morgan fingerprint density at radius 2 is 2.23 bits per heavy atom. The molecule has 0 aromatic heterocycles. The second-order valence-corrected chi connectivity index (χ2v) is 3.38. The van der Waals surface area contributed by atoms with Crippen LogP contribution in [0, 0.1) is 5.92 Å². The molecular formula is C10H19NO2. The Morgan fingerprint density at radius 3 is 2.62 bits per heavy atom. The average molecular weight is 185 g/mol. The van der Waals surface area contributed by atoms with Crippen molar-refractivity contribution in [1.29, 1.82) is 0 Å². The molecule has 0 atom stereocenters. The highest BCUT2D eigenvalue weighted by Crippen LogP contribution is 1.99. The molecule has 0 radical (unpaired) electrons. The first-order valence-corrected chi connectivity index (χ1v) is 4.52. The van der Waals surface area contributed by atoms with E-state index in [0.717, 1.165) is 6.54 Å². The lowest BCUT2D eigenvalue weighted by Crippen LogP contribution is -2.35. The lowest BCUT2D eigenvalue weighted by molar-refractivity contribution is -0.127. The Hall–Kier alpha value is -0.830. The number of hydrogen-bond acceptors (Lipinski definition) is 2. The SMILES string of the molecule is C=CC(=O)N(CCOC)CC(C)C. The van der Waals surface area contributed by atoms with Crippen molar-refractivity contribution in [3.8, 4) is 0 Å². The van der Waals surface area contributed by atoms with E-state index in [1.165, 1.54) is 6.08 Å². The van der Waals surface area contributed by atoms with Crippen LogP contribution < -0.4 is 0 Å². The third kappa shape index (κ3) is 5.42. The molecule has 0 N–H and O–H groups in total. The van der Waals surface area contributed by atoms with Gasteiger partial charge in [0.15, 0.2) is 0 Å². The van der Waals surface area contributed by atoms with Crippen LogP contribution in [-0.4, -0.2) is 37.6 Å². The summed E-state index contributed by atoms with van der Waals surface area (Å²) in [6.45, 7) is 9.60. The van der Waals surface area contributed by atoms with Crippen LogP contribution in [0.15, 0.2) is 12.7 Å². The van der Waals surface area contributed by atoms with Crippen molar-refractivity contribution in [2.75, 3.05) is 26.8 Å². The topological polar surface area (TPSA) is 29.5 Å². The van der Waals surface area contributed by atoms with Crippen LogP contribution in [0.4, 0.5) is 0 Å². The number of nitrogens with zero attached hydrogens (tertiary/aromatic N) is 1. The molecule has 3 nitrogen and oxygen atoms in total. The highest BCUT2D eigenvalue weighted by molar-refractivity contribution is 5.86. The molecule has 0 bridgehead atoms. The number of rotatable bonds is 6. The van der Waals surface area contributed by atoms with Gasteiger partial charge in [-0.3, -0.25) is 4.79 Å². The minimum absolute atomic E-state index is 0.0225. The van der Waals surface area contributed by atoms with Gasteiger partial charge in [0.1, 0.15) is 0 Å². The van der Waals surface area contributed by atoms with E-state index < -0.39 is 0 Å². The van der Waals surface area contributed by atoms with Gasteiger partial charge in [0, 0.05) is 20.2 Å². The van der Waals surface area contributed by atoms with Gasteiger partial charge in [-0.2, -0.15) is 0 Å². The van der Waals surface area contributed by atoms with Gasteiger partial charge in [-0.25, -0.2) is 0 Å². The fourth-order valence-corrected chi connectivity index (χ4v) is 1.06. The van der Waals surface area contributed by atoms with Gasteiger partial charge in [-0.05, 0) is 12.0 Å². The van der Waals surface area contributed by atoms with Crippen molar-refractivity contribution in [2.24, 2.45) is 5.92 Å². The monoisotopic (exact) mass is 185 g/mol. The van der Waals surface area contributed by atoms with E-state index in [9.17, 15) is 4.79 Å². The summed E-state index contributed by atoms with van der Waals surface area (Å²) < 4.78 is 4.92. The van der Waals surface area contributed by atoms with Gasteiger partial charge in [-0.1, -0.05) is 20.4 Å². The van der Waals surface area contributed by atoms with Crippen LogP contribution in [0.1, 0.15) is 13.8 Å². The molecule has 0 aromatic carbocycles. The van der Waals surface area contributed by atoms with E-state index in [-0.39, 0.29) is 5.91 Å². The van der Waals surface area contributed by atoms with Crippen LogP contribution in [0.2, 0.25) is 0 Å². The minimum atomic E-state index is -0.0225. The summed E-state index contributed by atoms with van der Waals surface area (Å²) in [5.74, 6) is 0.450. The number of carbonyl (C=O) groups excluding carboxylic acids is 1. The quantitative estimate of drug-likeness (QED) is 0.584. The molecule has 0 saturated heterocycles. The Balaban J connectivity index is 4.02. The standard InChI is InChI=1S/C10H19NO2/c1-5-10(12)11(6-7-13-4)8-9(2)3/h5,9H,1,6-8H2,2-4H3. The summed E-state index contributed by atoms with van der Waals surface area (Å²) in [5, 5.41) is 0. The van der Waals surface area contributed by atoms with E-state index in [1.807, 2.05) is 0 Å². The average Bonchev–Trinajstić information content (AvgIpc) is 2.10. The van der Waals surface area contributed by atoms with Crippen LogP contribution >= 0.6 is 0 Å². The second-order valence-electron chi connectivity index (χ2n) is 3.38. The zero-order valence-electron chi connectivity index (χ0n) is 8.75. The number of hydrogen-bond donors (Lipinski definition) is 0. The molecule has 13 heavy (non-hydrogen) atoms. The van der Waals surface area contributed by atoms with Crippen molar-refractivity contribution in [3.63, 3.8) is 0 Å². The van der Waals surface area contributed by atoms with Gasteiger partial charge in [0.25, 0.3) is 0 Å². The fourth-order valence-electron chi connectivity index (χ4n) is 1.06. The molecule has 0 aliphatic rings. The molecule has 0 unspecified atom stereocenters. The third-order valence-electron chi connectivity index (χ3n) is 1.64. The zero-order valence-corrected chi connectivity index (χ0v) is 8.75. The van der Waals surface area contributed by atoms with Gasteiger partial charge >= 0.3 is 0 Å². The molecule has 3 heteroatoms. The van der Waals surface area contributed by atoms with Crippen LogP contribution in [0.3, 0.4) is 0 Å². The van der Waals surface area contributed by atoms with Crippen LogP contribution in [-0.2, 0) is 9.53 Å². The summed E-state index contributed by atoms with van der Waals surface area (Å²) in [5.41, 5.74) is 0. The maximum absolute atomic E-state index is 11.3. The molecule has 0 saturated carbocycles. The van der Waals surface area contributed by atoms with Crippen molar-refractivity contribution >= 4 is 5.91 Å². The summed E-state index contributed by atoms with van der Waals surface area (Å²) in [6, 6.07) is 0. The zero-order chi connectivity index (χ0) is 10.3. The Bertz CT molecular complexity index is 166. The van der Waals surface area contributed by atoms with Crippen LogP contribution in [0.25, 0.3) is 0 Å². The van der Waals surface area contributed by atoms with E-state index in [0.29, 0.717) is 19.1 Å². The van der Waals surface area contributed by atoms with E-state index in [4.69, 9.17) is 4.74 Å². The molecule has 1 amide bonds. The molecule has 0 fully saturated rings. The second kappa shape index (κ2) is 6.66. The normalized spacial score (nSPS) is 10.2. The van der Waals surface area contributed by atoms with Gasteiger partial charge in [0.05, 0.1) is 6.61 Å². The summed E-state index contributed by atoms with van der Waals surface area (Å²) in [4.78, 5) is 13.1. The molecule has 76 valence electrons. The predicted octanol–water partition coefficient (Wildman–Crippen LogP) is 1.30. The first-order chi connectivity index (χ1) is 6.11. The fraction of sp³-hybridized carbons (Fsp3) is 0.700. The van der Waals surface area contributed by atoms with E-state index in [2.05, 4.69) is 20.4 Å². The Morgan fingerprint density at radius 1 is 1.62 bits per heavy atom. The largest absolute Gasteiger partial charge is 0.383 e. The van der Waals surface area contributed by atoms with Crippen molar-refractivity contribution in [1.82, 2.24) is 4.90 Å². The molecule has 0 spiro atoms. The number of ether oxygens (including phenoxy) is 1. The minimum Gasteiger partial charge on any atom is -0.383 e. The molecule has 0 rings (SSSR count). The molecule has 0 aliphatic heterocycles. The maximum atomic E-state index is 11.3. The smallest absolute Gasteiger partial charge is 0.246 e. The van der Waals surface area contributed by atoms with Gasteiger partial charge < -0.3 is 9.64 Å². The molecule has 0 aromatic rings. The number of amides is 1. The van der Waals surface area contributed by atoms with Crippen molar-refractivity contribution < 1.29 is 9.53 Å². The Labute approximate surface area is 80.4 Å². The van der Waals surface area contributed by atoms with Crippen molar-refractivity contribution in [3.05, 3.63) is 12.7 Å². The predicted molar refractivity (Wildman–Crippen MR) is 53.5 cm³/mol. The third-order valence-corrected chi connectivity index (χ3v) is 1.64. The Kier molecular flexibility index (Phi) is 6.24. The summed E-state index contributed by atoms with van der Waals surface area (Å²) in [6.07, 6.45) is 1.35. The molecule has 0 heterocycles. The van der Waals surface area contributed by atoms with Gasteiger partial charge in [-0.15, -0.1) is 0 Å². The molecule has 0 aliphatic carbocycles. The first-order valence-electron chi connectivity index (χ1n) is 4.52. The number of carbonyl (C=O) groups is 1. The van der Waals surface area contributed by atoms with Crippen LogP contribution in [0.5, 0.6) is 0 Å². The lowest BCUT2D eigenvalue weighted by atomic mass is 10.2. The maximum Gasteiger partial charge on any atom is 0.246 e. The highest BCUT2D eigenvalue weighted by Gasteiger charge is 2.10. The van der Waals surface area contributed by atoms with E-state index in [1.54, 1.807) is 12.0 Å². The number of methoxy groups -OCH3 is 1. The molecular weight excluding hydrogens is 166 g/mol. The lowest BCUT2D eigenvalue weighted by Gasteiger charge is -2.22.